The number of pyridine rings is 1. The number of aryl methyl sites for hydroxylation is 2. The van der Waals surface area contributed by atoms with E-state index in [0.29, 0.717) is 12.8 Å². The number of amides is 1. The van der Waals surface area contributed by atoms with Gasteiger partial charge in [-0.25, -0.2) is 0 Å². The number of hydrogen-bond donors (Lipinski definition) is 2. The molecule has 2 heterocycles. The summed E-state index contributed by atoms with van der Waals surface area (Å²) in [5, 5.41) is 2.78. The van der Waals surface area contributed by atoms with Gasteiger partial charge in [0.25, 0.3) is 11.5 Å². The normalized spacial score (nSPS) is 19.3. The number of alkyl halides is 3. The maximum absolute atomic E-state index is 12.4. The third-order valence-electron chi connectivity index (χ3n) is 4.66. The predicted molar refractivity (Wildman–Crippen MR) is 82.1 cm³/mol. The number of halogens is 3. The highest BCUT2D eigenvalue weighted by Crippen LogP contribution is 2.21. The lowest BCUT2D eigenvalue weighted by Gasteiger charge is -2.32. The molecule has 1 aliphatic carbocycles. The van der Waals surface area contributed by atoms with Crippen molar-refractivity contribution in [3.05, 3.63) is 33.2 Å². The Balaban J connectivity index is 1.58. The highest BCUT2D eigenvalue weighted by atomic mass is 19.4. The first-order chi connectivity index (χ1) is 11.3. The fourth-order valence-electron chi connectivity index (χ4n) is 3.43. The zero-order valence-corrected chi connectivity index (χ0v) is 13.2. The van der Waals surface area contributed by atoms with E-state index in [2.05, 4.69) is 10.3 Å². The van der Waals surface area contributed by atoms with Crippen LogP contribution in [0.3, 0.4) is 0 Å². The average Bonchev–Trinajstić information content (AvgIpc) is 2.94. The summed E-state index contributed by atoms with van der Waals surface area (Å²) >= 11 is 0. The van der Waals surface area contributed by atoms with Crippen molar-refractivity contribution in [3.8, 4) is 0 Å². The number of nitrogens with zero attached hydrogens (tertiary/aromatic N) is 1. The van der Waals surface area contributed by atoms with E-state index in [0.717, 1.165) is 30.5 Å². The van der Waals surface area contributed by atoms with Gasteiger partial charge in [0.1, 0.15) is 5.56 Å². The molecule has 1 amide bonds. The highest BCUT2D eigenvalue weighted by Gasteiger charge is 2.33. The Kier molecular flexibility index (Phi) is 4.67. The fraction of sp³-hybridized carbons (Fsp3) is 0.625. The Labute approximate surface area is 137 Å². The van der Waals surface area contributed by atoms with Crippen molar-refractivity contribution in [2.24, 2.45) is 0 Å². The minimum absolute atomic E-state index is 0.0911. The second-order valence-electron chi connectivity index (χ2n) is 6.51. The summed E-state index contributed by atoms with van der Waals surface area (Å²) in [6.07, 6.45) is -0.663. The standard InChI is InChI=1S/C16H20F3N3O2/c17-16(18,19)9-22-6-4-11(5-7-22)20-14(23)12-8-10-2-1-3-13(10)21-15(12)24/h8,11H,1-7,9H2,(H,20,23)(H,21,24). The fourth-order valence-corrected chi connectivity index (χ4v) is 3.43. The first-order valence-corrected chi connectivity index (χ1v) is 8.17. The molecule has 3 rings (SSSR count). The molecule has 2 aliphatic rings. The van der Waals surface area contributed by atoms with Gasteiger partial charge in [0.15, 0.2) is 0 Å². The molecule has 24 heavy (non-hydrogen) atoms. The highest BCUT2D eigenvalue weighted by molar-refractivity contribution is 5.94. The van der Waals surface area contributed by atoms with Gasteiger partial charge in [0.05, 0.1) is 6.54 Å². The van der Waals surface area contributed by atoms with Gasteiger partial charge >= 0.3 is 6.18 Å². The number of H-pyrrole nitrogens is 1. The molecule has 1 saturated heterocycles. The second-order valence-corrected chi connectivity index (χ2v) is 6.51. The van der Waals surface area contributed by atoms with Crippen LogP contribution < -0.4 is 10.9 Å². The third-order valence-corrected chi connectivity index (χ3v) is 4.66. The maximum atomic E-state index is 12.4. The number of carbonyl (C=O) groups is 1. The molecule has 0 spiro atoms. The molecule has 0 radical (unpaired) electrons. The summed E-state index contributed by atoms with van der Waals surface area (Å²) in [5.41, 5.74) is 1.59. The second kappa shape index (κ2) is 6.58. The van der Waals surface area contributed by atoms with Gasteiger partial charge in [-0.15, -0.1) is 0 Å². The molecule has 8 heteroatoms. The summed E-state index contributed by atoms with van der Waals surface area (Å²) < 4.78 is 37.1. The van der Waals surface area contributed by atoms with E-state index in [1.54, 1.807) is 6.07 Å². The Morgan fingerprint density at radius 2 is 2.00 bits per heavy atom. The molecule has 132 valence electrons. The summed E-state index contributed by atoms with van der Waals surface area (Å²) in [6, 6.07) is 1.45. The lowest BCUT2D eigenvalue weighted by atomic mass is 10.0. The van der Waals surface area contributed by atoms with Crippen LogP contribution in [0.1, 0.15) is 40.9 Å². The van der Waals surface area contributed by atoms with Gasteiger partial charge in [-0.1, -0.05) is 0 Å². The Morgan fingerprint density at radius 1 is 1.29 bits per heavy atom. The van der Waals surface area contributed by atoms with Crippen LogP contribution in [0.15, 0.2) is 10.9 Å². The van der Waals surface area contributed by atoms with E-state index in [4.69, 9.17) is 0 Å². The van der Waals surface area contributed by atoms with Crippen LogP contribution in [0, 0.1) is 0 Å². The minimum Gasteiger partial charge on any atom is -0.349 e. The van der Waals surface area contributed by atoms with Crippen LogP contribution in [-0.4, -0.2) is 47.6 Å². The number of fused-ring (bicyclic) bond motifs is 1. The minimum atomic E-state index is -4.20. The maximum Gasteiger partial charge on any atom is 0.401 e. The molecule has 5 nitrogen and oxygen atoms in total. The van der Waals surface area contributed by atoms with Crippen molar-refractivity contribution in [2.75, 3.05) is 19.6 Å². The van der Waals surface area contributed by atoms with Crippen molar-refractivity contribution in [1.29, 1.82) is 0 Å². The summed E-state index contributed by atoms with van der Waals surface area (Å²) in [7, 11) is 0. The summed E-state index contributed by atoms with van der Waals surface area (Å²) in [6.45, 7) is -0.353. The largest absolute Gasteiger partial charge is 0.401 e. The number of aromatic amines is 1. The summed E-state index contributed by atoms with van der Waals surface area (Å²) in [5.74, 6) is -0.444. The first kappa shape index (κ1) is 17.0. The van der Waals surface area contributed by atoms with Crippen LogP contribution in [0.4, 0.5) is 13.2 Å². The van der Waals surface area contributed by atoms with Gasteiger partial charge < -0.3 is 10.3 Å². The topological polar surface area (TPSA) is 65.2 Å². The molecule has 0 unspecified atom stereocenters. The van der Waals surface area contributed by atoms with E-state index >= 15 is 0 Å². The molecular weight excluding hydrogens is 323 g/mol. The number of likely N-dealkylation sites (tertiary alicyclic amines) is 1. The van der Waals surface area contributed by atoms with E-state index in [1.165, 1.54) is 4.90 Å². The Morgan fingerprint density at radius 3 is 2.67 bits per heavy atom. The summed E-state index contributed by atoms with van der Waals surface area (Å²) in [4.78, 5) is 28.4. The van der Waals surface area contributed by atoms with E-state index in [1.807, 2.05) is 0 Å². The molecule has 1 aromatic heterocycles. The smallest absolute Gasteiger partial charge is 0.349 e. The van der Waals surface area contributed by atoms with Crippen molar-refractivity contribution in [1.82, 2.24) is 15.2 Å². The lowest BCUT2D eigenvalue weighted by molar-refractivity contribution is -0.148. The first-order valence-electron chi connectivity index (χ1n) is 8.17. The SMILES string of the molecule is O=C(NC1CCN(CC(F)(F)F)CC1)c1cc2c([nH]c1=O)CCC2. The van der Waals surface area contributed by atoms with Crippen molar-refractivity contribution in [2.45, 2.75) is 44.3 Å². The zero-order chi connectivity index (χ0) is 17.3. The van der Waals surface area contributed by atoms with Gasteiger partial charge in [0.2, 0.25) is 0 Å². The molecule has 2 N–H and O–H groups in total. The molecule has 1 fully saturated rings. The molecule has 0 saturated carbocycles. The van der Waals surface area contributed by atoms with Gasteiger partial charge in [0, 0.05) is 24.8 Å². The van der Waals surface area contributed by atoms with Crippen molar-refractivity contribution < 1.29 is 18.0 Å². The third kappa shape index (κ3) is 3.98. The van der Waals surface area contributed by atoms with E-state index in [9.17, 15) is 22.8 Å². The van der Waals surface area contributed by atoms with Gasteiger partial charge in [-0.2, -0.15) is 13.2 Å². The van der Waals surface area contributed by atoms with Crippen LogP contribution in [0.5, 0.6) is 0 Å². The molecule has 0 bridgehead atoms. The Bertz CT molecular complexity index is 676. The number of piperidine rings is 1. The van der Waals surface area contributed by atoms with Crippen molar-refractivity contribution >= 4 is 5.91 Å². The van der Waals surface area contributed by atoms with Gasteiger partial charge in [-0.3, -0.25) is 14.5 Å². The molecule has 0 atom stereocenters. The van der Waals surface area contributed by atoms with Gasteiger partial charge in [-0.05, 0) is 43.7 Å². The Hall–Kier alpha value is -1.83. The average molecular weight is 343 g/mol. The number of rotatable bonds is 3. The van der Waals surface area contributed by atoms with Crippen LogP contribution in [0.2, 0.25) is 0 Å². The molecule has 1 aliphatic heterocycles. The lowest BCUT2D eigenvalue weighted by Crippen LogP contribution is -2.47. The van der Waals surface area contributed by atoms with Crippen LogP contribution in [-0.2, 0) is 12.8 Å². The number of aromatic nitrogens is 1. The van der Waals surface area contributed by atoms with Crippen molar-refractivity contribution in [3.63, 3.8) is 0 Å². The monoisotopic (exact) mass is 343 g/mol. The van der Waals surface area contributed by atoms with Crippen LogP contribution >= 0.6 is 0 Å². The quantitative estimate of drug-likeness (QED) is 0.877. The number of hydrogen-bond acceptors (Lipinski definition) is 3. The number of nitrogens with one attached hydrogen (secondary N) is 2. The zero-order valence-electron chi connectivity index (χ0n) is 13.2. The van der Waals surface area contributed by atoms with Crippen LogP contribution in [0.25, 0.3) is 0 Å². The predicted octanol–water partition coefficient (Wildman–Crippen LogP) is 1.62. The van der Waals surface area contributed by atoms with E-state index in [-0.39, 0.29) is 24.7 Å². The molecular formula is C16H20F3N3O2. The molecule has 0 aromatic carbocycles. The number of carbonyl (C=O) groups excluding carboxylic acids is 1. The van der Waals surface area contributed by atoms with E-state index < -0.39 is 24.2 Å². The molecule has 1 aromatic rings.